The Balaban J connectivity index is 2.40. The third kappa shape index (κ3) is 1.85. The molecule has 0 saturated heterocycles. The van der Waals surface area contributed by atoms with Crippen molar-refractivity contribution in [1.29, 1.82) is 0 Å². The van der Waals surface area contributed by atoms with Crippen molar-refractivity contribution in [3.8, 4) is 5.75 Å². The molecule has 0 saturated carbocycles. The monoisotopic (exact) mass is 207 g/mol. The fraction of sp³-hybridized carbons (Fsp3) is 0.500. The van der Waals surface area contributed by atoms with E-state index in [1.807, 2.05) is 19.1 Å². The average molecular weight is 207 g/mol. The van der Waals surface area contributed by atoms with Crippen LogP contribution in [0.2, 0.25) is 0 Å². The van der Waals surface area contributed by atoms with Gasteiger partial charge in [-0.2, -0.15) is 0 Å². The Hall–Kier alpha value is -1.06. The maximum atomic E-state index is 9.02. The normalized spacial score (nSPS) is 20.9. The number of aliphatic hydroxyl groups excluding tert-OH is 1. The number of hydrogen-bond acceptors (Lipinski definition) is 3. The zero-order chi connectivity index (χ0) is 11.0. The van der Waals surface area contributed by atoms with Crippen molar-refractivity contribution >= 4 is 0 Å². The van der Waals surface area contributed by atoms with Gasteiger partial charge in [-0.1, -0.05) is 12.1 Å². The Morgan fingerprint density at radius 1 is 1.60 bits per heavy atom. The molecule has 82 valence electrons. The summed E-state index contributed by atoms with van der Waals surface area (Å²) in [5, 5.41) is 9.02. The first-order valence-corrected chi connectivity index (χ1v) is 5.28. The largest absolute Gasteiger partial charge is 0.490 e. The van der Waals surface area contributed by atoms with E-state index in [1.165, 1.54) is 5.56 Å². The minimum absolute atomic E-state index is 0.0192. The molecule has 1 aromatic rings. The van der Waals surface area contributed by atoms with Gasteiger partial charge in [-0.3, -0.25) is 0 Å². The van der Waals surface area contributed by atoms with Crippen LogP contribution in [0.15, 0.2) is 12.1 Å². The van der Waals surface area contributed by atoms with E-state index < -0.39 is 0 Å². The van der Waals surface area contributed by atoms with Crippen molar-refractivity contribution in [1.82, 2.24) is 0 Å². The first kappa shape index (κ1) is 10.5. The predicted octanol–water partition coefficient (Wildman–Crippen LogP) is 1.31. The maximum absolute atomic E-state index is 9.02. The Kier molecular flexibility index (Phi) is 2.67. The number of hydrogen-bond donors (Lipinski definition) is 2. The second-order valence-electron chi connectivity index (χ2n) is 4.25. The topological polar surface area (TPSA) is 55.5 Å². The number of rotatable bonds is 2. The Bertz CT molecular complexity index is 376. The van der Waals surface area contributed by atoms with Crippen LogP contribution >= 0.6 is 0 Å². The fourth-order valence-corrected chi connectivity index (χ4v) is 2.07. The van der Waals surface area contributed by atoms with Gasteiger partial charge in [0.1, 0.15) is 11.9 Å². The zero-order valence-corrected chi connectivity index (χ0v) is 9.16. The summed E-state index contributed by atoms with van der Waals surface area (Å²) in [7, 11) is 0. The van der Waals surface area contributed by atoms with E-state index in [0.717, 1.165) is 23.3 Å². The molecule has 0 fully saturated rings. The van der Waals surface area contributed by atoms with Gasteiger partial charge in [0.25, 0.3) is 0 Å². The number of benzene rings is 1. The molecule has 3 heteroatoms. The zero-order valence-electron chi connectivity index (χ0n) is 9.16. The number of fused-ring (bicyclic) bond motifs is 1. The molecule has 2 unspecified atom stereocenters. The number of ether oxygens (including phenoxy) is 1. The van der Waals surface area contributed by atoms with Crippen LogP contribution in [0.1, 0.15) is 29.7 Å². The number of nitrogens with two attached hydrogens (primary N) is 1. The van der Waals surface area contributed by atoms with Crippen LogP contribution in [-0.2, 0) is 6.42 Å². The van der Waals surface area contributed by atoms with Gasteiger partial charge >= 0.3 is 0 Å². The predicted molar refractivity (Wildman–Crippen MR) is 59.0 cm³/mol. The highest BCUT2D eigenvalue weighted by molar-refractivity contribution is 5.47. The first-order chi connectivity index (χ1) is 7.11. The van der Waals surface area contributed by atoms with E-state index in [9.17, 15) is 0 Å². The molecule has 0 aliphatic carbocycles. The highest BCUT2D eigenvalue weighted by Crippen LogP contribution is 2.34. The minimum Gasteiger partial charge on any atom is -0.490 e. The molecule has 0 aromatic heterocycles. The maximum Gasteiger partial charge on any atom is 0.125 e. The lowest BCUT2D eigenvalue weighted by molar-refractivity contribution is 0.253. The third-order valence-corrected chi connectivity index (χ3v) is 2.83. The van der Waals surface area contributed by atoms with E-state index in [1.54, 1.807) is 0 Å². The molecule has 0 radical (unpaired) electrons. The number of aryl methyl sites for hydroxylation is 1. The molecule has 3 N–H and O–H groups in total. The molecular weight excluding hydrogens is 190 g/mol. The van der Waals surface area contributed by atoms with Crippen molar-refractivity contribution in [3.63, 3.8) is 0 Å². The van der Waals surface area contributed by atoms with Gasteiger partial charge in [0.05, 0.1) is 12.6 Å². The second kappa shape index (κ2) is 3.83. The fourth-order valence-electron chi connectivity index (χ4n) is 2.07. The van der Waals surface area contributed by atoms with Crippen LogP contribution < -0.4 is 10.5 Å². The Labute approximate surface area is 89.9 Å². The molecule has 1 aliphatic heterocycles. The van der Waals surface area contributed by atoms with Gasteiger partial charge in [0.15, 0.2) is 0 Å². The highest BCUT2D eigenvalue weighted by Gasteiger charge is 2.22. The molecule has 0 spiro atoms. The molecule has 1 aliphatic rings. The van der Waals surface area contributed by atoms with Crippen molar-refractivity contribution in [2.45, 2.75) is 32.4 Å². The Morgan fingerprint density at radius 2 is 2.33 bits per heavy atom. The summed E-state index contributed by atoms with van der Waals surface area (Å²) in [6.07, 6.45) is 1.18. The van der Waals surface area contributed by atoms with Gasteiger partial charge < -0.3 is 15.6 Å². The molecule has 1 aromatic carbocycles. The van der Waals surface area contributed by atoms with Gasteiger partial charge in [-0.25, -0.2) is 0 Å². The number of aliphatic hydroxyl groups is 1. The standard InChI is InChI=1S/C12H17NO2/c1-7-3-9(11(13)6-14)5-10-4-8(2)15-12(7)10/h3,5,8,11,14H,4,6,13H2,1-2H3. The van der Waals surface area contributed by atoms with Crippen molar-refractivity contribution in [2.75, 3.05) is 6.61 Å². The SMILES string of the molecule is Cc1cc(C(N)CO)cc2c1OC(C)C2. The first-order valence-electron chi connectivity index (χ1n) is 5.28. The molecule has 0 amide bonds. The van der Waals surface area contributed by atoms with Crippen molar-refractivity contribution in [3.05, 3.63) is 28.8 Å². The van der Waals surface area contributed by atoms with Crippen LogP contribution in [0, 0.1) is 6.92 Å². The summed E-state index contributed by atoms with van der Waals surface area (Å²) in [5.74, 6) is 0.997. The van der Waals surface area contributed by atoms with Gasteiger partial charge in [0.2, 0.25) is 0 Å². The van der Waals surface area contributed by atoms with Gasteiger partial charge in [-0.15, -0.1) is 0 Å². The molecule has 3 nitrogen and oxygen atoms in total. The van der Waals surface area contributed by atoms with E-state index in [0.29, 0.717) is 0 Å². The van der Waals surface area contributed by atoms with Crippen LogP contribution in [0.4, 0.5) is 0 Å². The summed E-state index contributed by atoms with van der Waals surface area (Å²) in [5.41, 5.74) is 9.11. The molecule has 1 heterocycles. The highest BCUT2D eigenvalue weighted by atomic mass is 16.5. The quantitative estimate of drug-likeness (QED) is 0.768. The van der Waals surface area contributed by atoms with Crippen LogP contribution in [-0.4, -0.2) is 17.8 Å². The van der Waals surface area contributed by atoms with Gasteiger partial charge in [-0.05, 0) is 30.5 Å². The van der Waals surface area contributed by atoms with Crippen molar-refractivity contribution < 1.29 is 9.84 Å². The summed E-state index contributed by atoms with van der Waals surface area (Å²) in [6.45, 7) is 4.06. The molecular formula is C12H17NO2. The second-order valence-corrected chi connectivity index (χ2v) is 4.25. The van der Waals surface area contributed by atoms with Crippen LogP contribution in [0.5, 0.6) is 5.75 Å². The van der Waals surface area contributed by atoms with Gasteiger partial charge in [0, 0.05) is 6.42 Å². The lowest BCUT2D eigenvalue weighted by Crippen LogP contribution is -2.14. The van der Waals surface area contributed by atoms with E-state index in [4.69, 9.17) is 15.6 Å². The van der Waals surface area contributed by atoms with E-state index >= 15 is 0 Å². The average Bonchev–Trinajstić information content (AvgIpc) is 2.58. The third-order valence-electron chi connectivity index (χ3n) is 2.83. The van der Waals surface area contributed by atoms with Crippen molar-refractivity contribution in [2.24, 2.45) is 5.73 Å². The summed E-state index contributed by atoms with van der Waals surface area (Å²) in [4.78, 5) is 0. The van der Waals surface area contributed by atoms with E-state index in [-0.39, 0.29) is 18.8 Å². The van der Waals surface area contributed by atoms with Crippen LogP contribution in [0.3, 0.4) is 0 Å². The summed E-state index contributed by atoms with van der Waals surface area (Å²) in [6, 6.07) is 3.76. The molecule has 2 atom stereocenters. The summed E-state index contributed by atoms with van der Waals surface area (Å²) >= 11 is 0. The molecule has 0 bridgehead atoms. The summed E-state index contributed by atoms with van der Waals surface area (Å²) < 4.78 is 5.70. The smallest absolute Gasteiger partial charge is 0.125 e. The lowest BCUT2D eigenvalue weighted by atomic mass is 9.99. The minimum atomic E-state index is -0.287. The molecule has 2 rings (SSSR count). The molecule has 15 heavy (non-hydrogen) atoms. The van der Waals surface area contributed by atoms with Crippen LogP contribution in [0.25, 0.3) is 0 Å². The Morgan fingerprint density at radius 3 is 3.00 bits per heavy atom. The lowest BCUT2D eigenvalue weighted by Gasteiger charge is -2.12. The van der Waals surface area contributed by atoms with E-state index in [2.05, 4.69) is 6.92 Å².